The summed E-state index contributed by atoms with van der Waals surface area (Å²) in [4.78, 5) is 3.31. The average Bonchev–Trinajstić information content (AvgIpc) is 2.87. The van der Waals surface area contributed by atoms with E-state index < -0.39 is 32.4 Å². The van der Waals surface area contributed by atoms with Crippen LogP contribution in [0.3, 0.4) is 0 Å². The zero-order valence-corrected chi connectivity index (χ0v) is 13.2. The number of fused-ring (bicyclic) bond motifs is 1. The van der Waals surface area contributed by atoms with Gasteiger partial charge in [0.05, 0.1) is 17.6 Å². The van der Waals surface area contributed by atoms with Crippen LogP contribution in [0.5, 0.6) is 0 Å². The molecule has 0 saturated carbocycles. The van der Waals surface area contributed by atoms with E-state index >= 15 is 0 Å². The number of para-hydroxylation sites is 2. The fourth-order valence-electron chi connectivity index (χ4n) is 2.31. The van der Waals surface area contributed by atoms with Gasteiger partial charge < -0.3 is 4.57 Å². The van der Waals surface area contributed by atoms with E-state index in [2.05, 4.69) is 9.71 Å². The second kappa shape index (κ2) is 5.91. The number of nitrogens with zero attached hydrogens (tertiary/aromatic N) is 2. The Kier molecular flexibility index (Phi) is 4.06. The van der Waals surface area contributed by atoms with Crippen LogP contribution >= 0.6 is 0 Å². The van der Waals surface area contributed by atoms with Crippen molar-refractivity contribution >= 4 is 21.1 Å². The molecular formula is C15H12F3N3O2S. The van der Waals surface area contributed by atoms with Crippen LogP contribution in [-0.4, -0.2) is 18.0 Å². The molecule has 0 saturated heterocycles. The number of rotatable bonds is 4. The lowest BCUT2D eigenvalue weighted by Crippen LogP contribution is -2.26. The van der Waals surface area contributed by atoms with Gasteiger partial charge >= 0.3 is 0 Å². The van der Waals surface area contributed by atoms with Crippen LogP contribution in [0.1, 0.15) is 5.82 Å². The Morgan fingerprint density at radius 3 is 2.50 bits per heavy atom. The van der Waals surface area contributed by atoms with E-state index in [1.807, 2.05) is 12.1 Å². The molecule has 0 atom stereocenters. The number of sulfonamides is 1. The molecule has 1 heterocycles. The maximum Gasteiger partial charge on any atom is 0.244 e. The van der Waals surface area contributed by atoms with Gasteiger partial charge in [-0.3, -0.25) is 0 Å². The maximum absolute atomic E-state index is 13.7. The van der Waals surface area contributed by atoms with E-state index in [0.717, 1.165) is 5.52 Å². The third-order valence-corrected chi connectivity index (χ3v) is 5.01. The maximum atomic E-state index is 13.7. The second-order valence-corrected chi connectivity index (χ2v) is 6.81. The summed E-state index contributed by atoms with van der Waals surface area (Å²) in [7, 11) is -2.66. The van der Waals surface area contributed by atoms with E-state index in [9.17, 15) is 21.6 Å². The van der Waals surface area contributed by atoms with Crippen molar-refractivity contribution in [2.45, 2.75) is 11.4 Å². The van der Waals surface area contributed by atoms with Crippen molar-refractivity contribution in [3.8, 4) is 0 Å². The van der Waals surface area contributed by atoms with Crippen molar-refractivity contribution < 1.29 is 21.6 Å². The molecule has 9 heteroatoms. The molecule has 0 unspecified atom stereocenters. The van der Waals surface area contributed by atoms with Gasteiger partial charge in [-0.1, -0.05) is 12.1 Å². The fraction of sp³-hybridized carbons (Fsp3) is 0.133. The van der Waals surface area contributed by atoms with E-state index in [4.69, 9.17) is 0 Å². The summed E-state index contributed by atoms with van der Waals surface area (Å²) >= 11 is 0. The predicted molar refractivity (Wildman–Crippen MR) is 81.1 cm³/mol. The normalized spacial score (nSPS) is 12.0. The van der Waals surface area contributed by atoms with Gasteiger partial charge in [0.15, 0.2) is 17.5 Å². The zero-order chi connectivity index (χ0) is 17.5. The number of hydrogen-bond donors (Lipinski definition) is 1. The van der Waals surface area contributed by atoms with E-state index in [-0.39, 0.29) is 6.54 Å². The van der Waals surface area contributed by atoms with Gasteiger partial charge in [-0.05, 0) is 24.3 Å². The van der Waals surface area contributed by atoms with Crippen LogP contribution < -0.4 is 4.72 Å². The van der Waals surface area contributed by atoms with Gasteiger partial charge in [0, 0.05) is 7.05 Å². The number of aryl methyl sites for hydroxylation is 1. The minimum absolute atomic E-state index is 0.230. The number of hydrogen-bond acceptors (Lipinski definition) is 3. The molecule has 1 N–H and O–H groups in total. The molecule has 0 fully saturated rings. The van der Waals surface area contributed by atoms with Crippen molar-refractivity contribution in [2.75, 3.05) is 0 Å². The minimum Gasteiger partial charge on any atom is -0.330 e. The number of halogens is 3. The lowest BCUT2D eigenvalue weighted by atomic mass is 10.3. The van der Waals surface area contributed by atoms with Crippen LogP contribution in [0, 0.1) is 17.5 Å². The van der Waals surface area contributed by atoms with Crippen LogP contribution in [0.25, 0.3) is 11.0 Å². The summed E-state index contributed by atoms with van der Waals surface area (Å²) in [6.07, 6.45) is 0. The van der Waals surface area contributed by atoms with Gasteiger partial charge in [0.25, 0.3) is 0 Å². The van der Waals surface area contributed by atoms with Gasteiger partial charge in [-0.2, -0.15) is 0 Å². The first kappa shape index (κ1) is 16.5. The predicted octanol–water partition coefficient (Wildman–Crippen LogP) is 2.47. The van der Waals surface area contributed by atoms with E-state index in [1.54, 1.807) is 23.7 Å². The van der Waals surface area contributed by atoms with Crippen molar-refractivity contribution in [3.63, 3.8) is 0 Å². The third-order valence-electron chi connectivity index (χ3n) is 3.59. The first-order valence-electron chi connectivity index (χ1n) is 6.85. The van der Waals surface area contributed by atoms with Crippen LogP contribution in [0.15, 0.2) is 41.3 Å². The highest BCUT2D eigenvalue weighted by atomic mass is 32.2. The molecular weight excluding hydrogens is 343 g/mol. The second-order valence-electron chi connectivity index (χ2n) is 5.07. The van der Waals surface area contributed by atoms with Crippen molar-refractivity contribution in [1.29, 1.82) is 0 Å². The summed E-state index contributed by atoms with van der Waals surface area (Å²) in [5.74, 6) is -4.65. The Labute approximate surface area is 135 Å². The Bertz CT molecular complexity index is 1030. The van der Waals surface area contributed by atoms with Crippen LogP contribution in [-0.2, 0) is 23.6 Å². The largest absolute Gasteiger partial charge is 0.330 e. The van der Waals surface area contributed by atoms with Gasteiger partial charge in [-0.25, -0.2) is 31.3 Å². The lowest BCUT2D eigenvalue weighted by molar-refractivity contribution is 0.431. The molecule has 5 nitrogen and oxygen atoms in total. The molecule has 0 radical (unpaired) electrons. The lowest BCUT2D eigenvalue weighted by Gasteiger charge is -2.08. The molecule has 0 aliphatic heterocycles. The molecule has 3 rings (SSSR count). The van der Waals surface area contributed by atoms with Gasteiger partial charge in [0.2, 0.25) is 10.0 Å². The molecule has 3 aromatic rings. The van der Waals surface area contributed by atoms with Crippen molar-refractivity contribution in [2.24, 2.45) is 7.05 Å². The minimum atomic E-state index is -4.37. The highest BCUT2D eigenvalue weighted by Gasteiger charge is 2.24. The summed E-state index contributed by atoms with van der Waals surface area (Å²) in [6.45, 7) is -0.230. The number of aromatic nitrogens is 2. The van der Waals surface area contributed by atoms with Crippen LogP contribution in [0.2, 0.25) is 0 Å². The van der Waals surface area contributed by atoms with Gasteiger partial charge in [-0.15, -0.1) is 0 Å². The highest BCUT2D eigenvalue weighted by molar-refractivity contribution is 7.89. The molecule has 0 bridgehead atoms. The SMILES string of the molecule is Cn1c(CNS(=O)(=O)c2ccc(F)c(F)c2F)nc2ccccc21. The summed E-state index contributed by atoms with van der Waals surface area (Å²) in [5.41, 5.74) is 1.47. The smallest absolute Gasteiger partial charge is 0.244 e. The molecule has 0 aliphatic rings. The summed E-state index contributed by atoms with van der Waals surface area (Å²) in [6, 6.07) is 8.42. The highest BCUT2D eigenvalue weighted by Crippen LogP contribution is 2.20. The van der Waals surface area contributed by atoms with Gasteiger partial charge in [0.1, 0.15) is 10.7 Å². The topological polar surface area (TPSA) is 64.0 Å². The Balaban J connectivity index is 1.90. The first-order valence-corrected chi connectivity index (χ1v) is 8.33. The zero-order valence-electron chi connectivity index (χ0n) is 12.4. The molecule has 2 aromatic carbocycles. The Morgan fingerprint density at radius 1 is 1.08 bits per heavy atom. The summed E-state index contributed by atoms with van der Waals surface area (Å²) < 4.78 is 67.9. The fourth-order valence-corrected chi connectivity index (χ4v) is 3.35. The summed E-state index contributed by atoms with van der Waals surface area (Å²) in [5, 5.41) is 0. The number of benzene rings is 2. The van der Waals surface area contributed by atoms with Crippen LogP contribution in [0.4, 0.5) is 13.2 Å². The molecule has 126 valence electrons. The molecule has 24 heavy (non-hydrogen) atoms. The molecule has 0 spiro atoms. The number of nitrogens with one attached hydrogen (secondary N) is 1. The standard InChI is InChI=1S/C15H12F3N3O2S/c1-21-11-5-3-2-4-10(11)20-13(21)8-19-24(22,23)12-7-6-9(16)14(17)15(12)18/h2-7,19H,8H2,1H3. The molecule has 0 aliphatic carbocycles. The number of imidazole rings is 1. The monoisotopic (exact) mass is 355 g/mol. The van der Waals surface area contributed by atoms with E-state index in [0.29, 0.717) is 23.5 Å². The molecule has 0 amide bonds. The van der Waals surface area contributed by atoms with E-state index in [1.165, 1.54) is 0 Å². The average molecular weight is 355 g/mol. The Hall–Kier alpha value is -2.39. The Morgan fingerprint density at radius 2 is 1.79 bits per heavy atom. The quantitative estimate of drug-likeness (QED) is 0.732. The van der Waals surface area contributed by atoms with Crippen molar-refractivity contribution in [1.82, 2.24) is 14.3 Å². The van der Waals surface area contributed by atoms with Crippen molar-refractivity contribution in [3.05, 3.63) is 59.7 Å². The third kappa shape index (κ3) is 2.76. The molecule has 1 aromatic heterocycles. The first-order chi connectivity index (χ1) is 11.3.